The highest BCUT2D eigenvalue weighted by molar-refractivity contribution is 5.33. The van der Waals surface area contributed by atoms with Crippen LogP contribution in [-0.2, 0) is 0 Å². The summed E-state index contributed by atoms with van der Waals surface area (Å²) in [7, 11) is 0. The van der Waals surface area contributed by atoms with Crippen molar-refractivity contribution in [2.45, 2.75) is 52.0 Å². The molecule has 1 aliphatic rings. The van der Waals surface area contributed by atoms with E-state index in [1.807, 2.05) is 0 Å². The third-order valence-corrected chi connectivity index (χ3v) is 4.31. The van der Waals surface area contributed by atoms with Crippen LogP contribution < -0.4 is 5.73 Å². The molecule has 0 radical (unpaired) electrons. The summed E-state index contributed by atoms with van der Waals surface area (Å²) in [6.07, 6.45) is 6.41. The second-order valence-corrected chi connectivity index (χ2v) is 5.90. The Morgan fingerprint density at radius 2 is 1.89 bits per heavy atom. The molecule has 0 saturated carbocycles. The maximum atomic E-state index is 5.73. The van der Waals surface area contributed by atoms with Crippen LogP contribution in [0.3, 0.4) is 0 Å². The highest BCUT2D eigenvalue weighted by atomic mass is 15.2. The topological polar surface area (TPSA) is 29.3 Å². The van der Waals surface area contributed by atoms with Gasteiger partial charge in [-0.05, 0) is 70.3 Å². The molecule has 106 valence electrons. The van der Waals surface area contributed by atoms with Crippen LogP contribution in [0.4, 0.5) is 0 Å². The van der Waals surface area contributed by atoms with Crippen LogP contribution in [0.25, 0.3) is 0 Å². The fourth-order valence-electron chi connectivity index (χ4n) is 3.19. The minimum Gasteiger partial charge on any atom is -0.330 e. The van der Waals surface area contributed by atoms with Crippen LogP contribution in [0.15, 0.2) is 18.2 Å². The number of aryl methyl sites for hydroxylation is 2. The van der Waals surface area contributed by atoms with Gasteiger partial charge in [0.25, 0.3) is 0 Å². The molecule has 2 N–H and O–H groups in total. The molecule has 1 saturated heterocycles. The van der Waals surface area contributed by atoms with Crippen molar-refractivity contribution in [2.75, 3.05) is 19.6 Å². The van der Waals surface area contributed by atoms with E-state index in [-0.39, 0.29) is 0 Å². The monoisotopic (exact) mass is 260 g/mol. The molecular weight excluding hydrogens is 232 g/mol. The third kappa shape index (κ3) is 3.80. The predicted octanol–water partition coefficient (Wildman–Crippen LogP) is 3.57. The van der Waals surface area contributed by atoms with Crippen molar-refractivity contribution in [2.24, 2.45) is 5.73 Å². The van der Waals surface area contributed by atoms with E-state index in [0.717, 1.165) is 13.0 Å². The Morgan fingerprint density at radius 3 is 2.58 bits per heavy atom. The standard InChI is InChI=1S/C17H28N2/c1-14-8-9-15(2)16(13-14)17(7-6-10-18)19-11-4-3-5-12-19/h8-9,13,17H,3-7,10-12,18H2,1-2H3. The van der Waals surface area contributed by atoms with Gasteiger partial charge in [0.15, 0.2) is 0 Å². The van der Waals surface area contributed by atoms with Gasteiger partial charge in [0.1, 0.15) is 0 Å². The highest BCUT2D eigenvalue weighted by Crippen LogP contribution is 2.31. The molecule has 1 aromatic carbocycles. The first-order valence-electron chi connectivity index (χ1n) is 7.73. The number of benzene rings is 1. The van der Waals surface area contributed by atoms with Crippen LogP contribution in [0.2, 0.25) is 0 Å². The minimum atomic E-state index is 0.573. The molecule has 1 atom stereocenters. The zero-order valence-corrected chi connectivity index (χ0v) is 12.5. The first kappa shape index (κ1) is 14.5. The summed E-state index contributed by atoms with van der Waals surface area (Å²) in [6.45, 7) is 7.74. The van der Waals surface area contributed by atoms with Gasteiger partial charge in [0.05, 0.1) is 0 Å². The average Bonchev–Trinajstić information content (AvgIpc) is 2.44. The molecule has 1 unspecified atom stereocenters. The molecular formula is C17H28N2. The molecule has 0 spiro atoms. The number of rotatable bonds is 5. The Bertz CT molecular complexity index is 394. The van der Waals surface area contributed by atoms with E-state index in [1.165, 1.54) is 55.5 Å². The smallest absolute Gasteiger partial charge is 0.0351 e. The van der Waals surface area contributed by atoms with Gasteiger partial charge in [0.2, 0.25) is 0 Å². The normalized spacial score (nSPS) is 18.5. The van der Waals surface area contributed by atoms with Crippen molar-refractivity contribution >= 4 is 0 Å². The summed E-state index contributed by atoms with van der Waals surface area (Å²) < 4.78 is 0. The Labute approximate surface area is 118 Å². The minimum absolute atomic E-state index is 0.573. The number of nitrogens with zero attached hydrogens (tertiary/aromatic N) is 1. The van der Waals surface area contributed by atoms with Crippen molar-refractivity contribution in [3.05, 3.63) is 34.9 Å². The SMILES string of the molecule is Cc1ccc(C)c(C(CCCN)N2CCCCC2)c1. The quantitative estimate of drug-likeness (QED) is 0.877. The summed E-state index contributed by atoms with van der Waals surface area (Å²) >= 11 is 0. The summed E-state index contributed by atoms with van der Waals surface area (Å²) in [4.78, 5) is 2.68. The zero-order chi connectivity index (χ0) is 13.7. The Balaban J connectivity index is 2.22. The molecule has 1 fully saturated rings. The molecule has 19 heavy (non-hydrogen) atoms. The van der Waals surface area contributed by atoms with Crippen molar-refractivity contribution in [1.29, 1.82) is 0 Å². The zero-order valence-electron chi connectivity index (χ0n) is 12.5. The summed E-state index contributed by atoms with van der Waals surface area (Å²) in [5.74, 6) is 0. The lowest BCUT2D eigenvalue weighted by molar-refractivity contribution is 0.154. The molecule has 0 aliphatic carbocycles. The summed E-state index contributed by atoms with van der Waals surface area (Å²) in [5.41, 5.74) is 10.1. The van der Waals surface area contributed by atoms with E-state index in [9.17, 15) is 0 Å². The number of piperidine rings is 1. The largest absolute Gasteiger partial charge is 0.330 e. The molecule has 2 nitrogen and oxygen atoms in total. The van der Waals surface area contributed by atoms with E-state index in [2.05, 4.69) is 36.9 Å². The summed E-state index contributed by atoms with van der Waals surface area (Å²) in [5, 5.41) is 0. The number of hydrogen-bond acceptors (Lipinski definition) is 2. The second kappa shape index (κ2) is 7.06. The Kier molecular flexibility index (Phi) is 5.41. The summed E-state index contributed by atoms with van der Waals surface area (Å²) in [6, 6.07) is 7.44. The van der Waals surface area contributed by atoms with Gasteiger partial charge in [-0.1, -0.05) is 30.2 Å². The molecule has 0 amide bonds. The number of likely N-dealkylation sites (tertiary alicyclic amines) is 1. The van der Waals surface area contributed by atoms with Crippen molar-refractivity contribution in [1.82, 2.24) is 4.90 Å². The Hall–Kier alpha value is -0.860. The highest BCUT2D eigenvalue weighted by Gasteiger charge is 2.23. The molecule has 1 aliphatic heterocycles. The van der Waals surface area contributed by atoms with E-state index < -0.39 is 0 Å². The molecule has 1 heterocycles. The van der Waals surface area contributed by atoms with Crippen LogP contribution in [0.5, 0.6) is 0 Å². The van der Waals surface area contributed by atoms with Gasteiger partial charge in [-0.15, -0.1) is 0 Å². The molecule has 1 aromatic rings. The van der Waals surface area contributed by atoms with Crippen LogP contribution >= 0.6 is 0 Å². The first-order valence-corrected chi connectivity index (χ1v) is 7.73. The van der Waals surface area contributed by atoms with Crippen LogP contribution in [0.1, 0.15) is 54.8 Å². The lowest BCUT2D eigenvalue weighted by Gasteiger charge is -2.36. The van der Waals surface area contributed by atoms with E-state index in [1.54, 1.807) is 0 Å². The molecule has 0 bridgehead atoms. The fraction of sp³-hybridized carbons (Fsp3) is 0.647. The van der Waals surface area contributed by atoms with Crippen LogP contribution in [-0.4, -0.2) is 24.5 Å². The lowest BCUT2D eigenvalue weighted by Crippen LogP contribution is -2.34. The van der Waals surface area contributed by atoms with E-state index in [0.29, 0.717) is 6.04 Å². The van der Waals surface area contributed by atoms with Gasteiger partial charge >= 0.3 is 0 Å². The number of nitrogens with two attached hydrogens (primary N) is 1. The average molecular weight is 260 g/mol. The maximum absolute atomic E-state index is 5.73. The maximum Gasteiger partial charge on any atom is 0.0351 e. The Morgan fingerprint density at radius 1 is 1.16 bits per heavy atom. The lowest BCUT2D eigenvalue weighted by atomic mass is 9.93. The van der Waals surface area contributed by atoms with E-state index in [4.69, 9.17) is 5.73 Å². The number of hydrogen-bond donors (Lipinski definition) is 1. The van der Waals surface area contributed by atoms with Gasteiger partial charge in [0, 0.05) is 6.04 Å². The van der Waals surface area contributed by atoms with Gasteiger partial charge in [-0.2, -0.15) is 0 Å². The van der Waals surface area contributed by atoms with Gasteiger partial charge < -0.3 is 5.73 Å². The fourth-order valence-corrected chi connectivity index (χ4v) is 3.19. The predicted molar refractivity (Wildman–Crippen MR) is 82.4 cm³/mol. The van der Waals surface area contributed by atoms with E-state index >= 15 is 0 Å². The molecule has 0 aromatic heterocycles. The van der Waals surface area contributed by atoms with Crippen LogP contribution in [0, 0.1) is 13.8 Å². The molecule has 2 heteroatoms. The van der Waals surface area contributed by atoms with Crippen molar-refractivity contribution in [3.63, 3.8) is 0 Å². The van der Waals surface area contributed by atoms with Crippen molar-refractivity contribution < 1.29 is 0 Å². The molecule has 2 rings (SSSR count). The van der Waals surface area contributed by atoms with Gasteiger partial charge in [-0.25, -0.2) is 0 Å². The third-order valence-electron chi connectivity index (χ3n) is 4.31. The first-order chi connectivity index (χ1) is 9.22. The van der Waals surface area contributed by atoms with Crippen molar-refractivity contribution in [3.8, 4) is 0 Å². The second-order valence-electron chi connectivity index (χ2n) is 5.90. The van der Waals surface area contributed by atoms with Gasteiger partial charge in [-0.3, -0.25) is 4.90 Å².